The molecule has 20 heavy (non-hydrogen) atoms. The molecule has 1 fully saturated rings. The molecule has 3 N–H and O–H groups in total. The highest BCUT2D eigenvalue weighted by Crippen LogP contribution is 2.23. The van der Waals surface area contributed by atoms with Crippen molar-refractivity contribution in [3.63, 3.8) is 0 Å². The number of nitrogen functional groups attached to an aromatic ring is 1. The smallest absolute Gasteiger partial charge is 0.254 e. The number of nitrogens with two attached hydrogens (primary N) is 1. The Morgan fingerprint density at radius 1 is 1.50 bits per heavy atom. The van der Waals surface area contributed by atoms with Crippen LogP contribution in [-0.2, 0) is 0 Å². The Labute approximate surface area is 119 Å². The summed E-state index contributed by atoms with van der Waals surface area (Å²) < 4.78 is 5.41. The van der Waals surface area contributed by atoms with Gasteiger partial charge in [-0.25, -0.2) is 0 Å². The van der Waals surface area contributed by atoms with E-state index in [9.17, 15) is 9.90 Å². The molecule has 1 aliphatic heterocycles. The lowest BCUT2D eigenvalue weighted by atomic mass is 9.96. The SMILES string of the molecule is CCOc1cc(N)cc(C(=O)N2CCC(O)C(C)C2)c1. The van der Waals surface area contributed by atoms with Crippen molar-refractivity contribution in [2.45, 2.75) is 26.4 Å². The summed E-state index contributed by atoms with van der Waals surface area (Å²) in [5.41, 5.74) is 6.87. The maximum atomic E-state index is 12.5. The third kappa shape index (κ3) is 3.22. The van der Waals surface area contributed by atoms with Crippen molar-refractivity contribution >= 4 is 11.6 Å². The van der Waals surface area contributed by atoms with Gasteiger partial charge in [0, 0.05) is 30.4 Å². The molecule has 110 valence electrons. The number of likely N-dealkylation sites (tertiary alicyclic amines) is 1. The Morgan fingerprint density at radius 3 is 2.90 bits per heavy atom. The van der Waals surface area contributed by atoms with Gasteiger partial charge in [-0.3, -0.25) is 4.79 Å². The van der Waals surface area contributed by atoms with E-state index in [2.05, 4.69) is 0 Å². The van der Waals surface area contributed by atoms with Gasteiger partial charge in [0.05, 0.1) is 12.7 Å². The first-order chi connectivity index (χ1) is 9.51. The molecule has 2 rings (SSSR count). The van der Waals surface area contributed by atoms with Gasteiger partial charge in [0.2, 0.25) is 0 Å². The first kappa shape index (κ1) is 14.7. The molecule has 2 atom stereocenters. The van der Waals surface area contributed by atoms with Crippen molar-refractivity contribution in [2.75, 3.05) is 25.4 Å². The quantitative estimate of drug-likeness (QED) is 0.822. The standard InChI is InChI=1S/C15H22N2O3/c1-3-20-13-7-11(6-12(16)8-13)15(19)17-5-4-14(18)10(2)9-17/h6-8,10,14,18H,3-5,9,16H2,1-2H3. The molecule has 1 aromatic rings. The van der Waals surface area contributed by atoms with Crippen LogP contribution < -0.4 is 10.5 Å². The molecule has 0 bridgehead atoms. The van der Waals surface area contributed by atoms with E-state index < -0.39 is 0 Å². The van der Waals surface area contributed by atoms with E-state index in [1.54, 1.807) is 23.1 Å². The molecule has 5 heteroatoms. The van der Waals surface area contributed by atoms with Gasteiger partial charge in [0.1, 0.15) is 5.75 Å². The van der Waals surface area contributed by atoms with Crippen LogP contribution in [0.4, 0.5) is 5.69 Å². The zero-order valence-corrected chi connectivity index (χ0v) is 12.0. The summed E-state index contributed by atoms with van der Waals surface area (Å²) >= 11 is 0. The Hall–Kier alpha value is -1.75. The zero-order valence-electron chi connectivity index (χ0n) is 12.0. The average molecular weight is 278 g/mol. The van der Waals surface area contributed by atoms with Crippen LogP contribution in [0.5, 0.6) is 5.75 Å². The van der Waals surface area contributed by atoms with Gasteiger partial charge >= 0.3 is 0 Å². The summed E-state index contributed by atoms with van der Waals surface area (Å²) in [4.78, 5) is 14.3. The molecule has 0 radical (unpaired) electrons. The van der Waals surface area contributed by atoms with Crippen LogP contribution in [0.25, 0.3) is 0 Å². The number of ether oxygens (including phenoxy) is 1. The van der Waals surface area contributed by atoms with Crippen molar-refractivity contribution < 1.29 is 14.6 Å². The second-order valence-electron chi connectivity index (χ2n) is 5.31. The highest BCUT2D eigenvalue weighted by molar-refractivity contribution is 5.95. The van der Waals surface area contributed by atoms with E-state index >= 15 is 0 Å². The van der Waals surface area contributed by atoms with E-state index in [1.165, 1.54) is 0 Å². The van der Waals surface area contributed by atoms with Crippen LogP contribution in [-0.4, -0.2) is 41.7 Å². The van der Waals surface area contributed by atoms with Crippen LogP contribution in [0, 0.1) is 5.92 Å². The molecular weight excluding hydrogens is 256 g/mol. The first-order valence-corrected chi connectivity index (χ1v) is 7.02. The third-order valence-electron chi connectivity index (χ3n) is 3.63. The highest BCUT2D eigenvalue weighted by atomic mass is 16.5. The number of hydrogen-bond donors (Lipinski definition) is 2. The molecule has 1 heterocycles. The summed E-state index contributed by atoms with van der Waals surface area (Å²) in [6.45, 7) is 5.51. The van der Waals surface area contributed by atoms with Gasteiger partial charge in [0.15, 0.2) is 0 Å². The number of amides is 1. The number of hydrogen-bond acceptors (Lipinski definition) is 4. The van der Waals surface area contributed by atoms with Gasteiger partial charge < -0.3 is 20.5 Å². The molecule has 1 aromatic carbocycles. The lowest BCUT2D eigenvalue weighted by Crippen LogP contribution is -2.44. The summed E-state index contributed by atoms with van der Waals surface area (Å²) in [6, 6.07) is 5.10. The molecule has 1 aliphatic rings. The average Bonchev–Trinajstić information content (AvgIpc) is 2.41. The number of carbonyl (C=O) groups excluding carboxylic acids is 1. The summed E-state index contributed by atoms with van der Waals surface area (Å²) in [7, 11) is 0. The molecule has 0 aromatic heterocycles. The van der Waals surface area contributed by atoms with Crippen LogP contribution in [0.3, 0.4) is 0 Å². The van der Waals surface area contributed by atoms with E-state index in [1.807, 2.05) is 13.8 Å². The number of benzene rings is 1. The predicted molar refractivity (Wildman–Crippen MR) is 77.7 cm³/mol. The van der Waals surface area contributed by atoms with Crippen molar-refractivity contribution in [3.05, 3.63) is 23.8 Å². The van der Waals surface area contributed by atoms with Gasteiger partial charge in [-0.2, -0.15) is 0 Å². The number of aliphatic hydroxyl groups excluding tert-OH is 1. The molecular formula is C15H22N2O3. The first-order valence-electron chi connectivity index (χ1n) is 7.02. The molecule has 5 nitrogen and oxygen atoms in total. The van der Waals surface area contributed by atoms with E-state index in [-0.39, 0.29) is 17.9 Å². The second kappa shape index (κ2) is 6.13. The summed E-state index contributed by atoms with van der Waals surface area (Å²) in [5, 5.41) is 9.73. The second-order valence-corrected chi connectivity index (χ2v) is 5.31. The number of rotatable bonds is 3. The largest absolute Gasteiger partial charge is 0.494 e. The van der Waals surface area contributed by atoms with Crippen molar-refractivity contribution in [3.8, 4) is 5.75 Å². The summed E-state index contributed by atoms with van der Waals surface area (Å²) in [5.74, 6) is 0.651. The minimum absolute atomic E-state index is 0.0583. The number of anilines is 1. The van der Waals surface area contributed by atoms with Crippen LogP contribution in [0.1, 0.15) is 30.6 Å². The molecule has 2 unspecified atom stereocenters. The molecule has 0 saturated carbocycles. The zero-order chi connectivity index (χ0) is 14.7. The Bertz CT molecular complexity index is 490. The maximum Gasteiger partial charge on any atom is 0.254 e. The fraction of sp³-hybridized carbons (Fsp3) is 0.533. The van der Waals surface area contributed by atoms with Crippen molar-refractivity contribution in [1.29, 1.82) is 0 Å². The monoisotopic (exact) mass is 278 g/mol. The molecule has 0 spiro atoms. The number of carbonyl (C=O) groups is 1. The van der Waals surface area contributed by atoms with Crippen LogP contribution in [0.15, 0.2) is 18.2 Å². The lowest BCUT2D eigenvalue weighted by molar-refractivity contribution is 0.0297. The maximum absolute atomic E-state index is 12.5. The van der Waals surface area contributed by atoms with Crippen molar-refractivity contribution in [2.24, 2.45) is 5.92 Å². The van der Waals surface area contributed by atoms with Gasteiger partial charge in [-0.05, 0) is 31.4 Å². The van der Waals surface area contributed by atoms with Crippen molar-refractivity contribution in [1.82, 2.24) is 4.90 Å². The Kier molecular flexibility index (Phi) is 4.49. The number of aliphatic hydroxyl groups is 1. The third-order valence-corrected chi connectivity index (χ3v) is 3.63. The Balaban J connectivity index is 2.16. The molecule has 0 aliphatic carbocycles. The number of nitrogens with zero attached hydrogens (tertiary/aromatic N) is 1. The number of piperidine rings is 1. The molecule has 1 saturated heterocycles. The van der Waals surface area contributed by atoms with E-state index in [4.69, 9.17) is 10.5 Å². The minimum Gasteiger partial charge on any atom is -0.494 e. The fourth-order valence-corrected chi connectivity index (χ4v) is 2.50. The van der Waals surface area contributed by atoms with E-state index in [0.29, 0.717) is 43.1 Å². The lowest BCUT2D eigenvalue weighted by Gasteiger charge is -2.34. The normalized spacial score (nSPS) is 22.6. The van der Waals surface area contributed by atoms with Gasteiger partial charge in [-0.1, -0.05) is 6.92 Å². The van der Waals surface area contributed by atoms with Crippen LogP contribution >= 0.6 is 0 Å². The predicted octanol–water partition coefficient (Wildman–Crippen LogP) is 1.51. The van der Waals surface area contributed by atoms with Crippen LogP contribution in [0.2, 0.25) is 0 Å². The molecule has 1 amide bonds. The van der Waals surface area contributed by atoms with Gasteiger partial charge in [0.25, 0.3) is 5.91 Å². The topological polar surface area (TPSA) is 75.8 Å². The summed E-state index contributed by atoms with van der Waals surface area (Å²) in [6.07, 6.45) is 0.298. The highest BCUT2D eigenvalue weighted by Gasteiger charge is 2.28. The van der Waals surface area contributed by atoms with Gasteiger partial charge in [-0.15, -0.1) is 0 Å². The van der Waals surface area contributed by atoms with E-state index in [0.717, 1.165) is 0 Å². The minimum atomic E-state index is -0.320. The Morgan fingerprint density at radius 2 is 2.25 bits per heavy atom. The fourth-order valence-electron chi connectivity index (χ4n) is 2.50.